The van der Waals surface area contributed by atoms with Crippen molar-refractivity contribution in [3.63, 3.8) is 0 Å². The number of hydrogen-bond acceptors (Lipinski definition) is 2. The molecule has 2 aliphatic rings. The predicted octanol–water partition coefficient (Wildman–Crippen LogP) is 8.36. The fourth-order valence-corrected chi connectivity index (χ4v) is 7.30. The molecule has 2 fully saturated rings. The molecule has 0 radical (unpaired) electrons. The van der Waals surface area contributed by atoms with E-state index < -0.39 is 0 Å². The summed E-state index contributed by atoms with van der Waals surface area (Å²) in [5, 5.41) is 0. The van der Waals surface area contributed by atoms with Gasteiger partial charge in [-0.25, -0.2) is 0 Å². The second-order valence-corrected chi connectivity index (χ2v) is 14.3. The summed E-state index contributed by atoms with van der Waals surface area (Å²) in [6.45, 7) is 29.7. The van der Waals surface area contributed by atoms with Crippen molar-refractivity contribution in [3.05, 3.63) is 0 Å². The van der Waals surface area contributed by atoms with Crippen molar-refractivity contribution in [2.75, 3.05) is 26.2 Å². The molecule has 2 rings (SSSR count). The van der Waals surface area contributed by atoms with E-state index in [0.717, 1.165) is 47.6 Å². The van der Waals surface area contributed by atoms with Crippen molar-refractivity contribution in [1.82, 2.24) is 9.80 Å². The van der Waals surface area contributed by atoms with E-state index in [1.54, 1.807) is 0 Å². The Morgan fingerprint density at radius 1 is 0.818 bits per heavy atom. The molecule has 0 saturated carbocycles. The normalized spacial score (nSPS) is 27.7. The molecule has 4 atom stereocenters. The van der Waals surface area contributed by atoms with Gasteiger partial charge in [-0.15, -0.1) is 0 Å². The van der Waals surface area contributed by atoms with Crippen LogP contribution < -0.4 is 0 Å². The number of nitrogens with zero attached hydrogens (tertiary/aromatic N) is 2. The second-order valence-electron chi connectivity index (χ2n) is 14.3. The Labute approximate surface area is 209 Å². The molecule has 0 amide bonds. The molecule has 2 heterocycles. The molecule has 2 nitrogen and oxygen atoms in total. The summed E-state index contributed by atoms with van der Waals surface area (Å²) in [5.74, 6) is 5.21. The number of likely N-dealkylation sites (tertiary alicyclic amines) is 2. The number of rotatable bonds is 12. The maximum atomic E-state index is 2.92. The third-order valence-electron chi connectivity index (χ3n) is 9.17. The summed E-state index contributed by atoms with van der Waals surface area (Å²) >= 11 is 0. The first kappa shape index (κ1) is 29.2. The lowest BCUT2D eigenvalue weighted by molar-refractivity contribution is 0.0316. The van der Waals surface area contributed by atoms with Crippen LogP contribution in [0.3, 0.4) is 0 Å². The summed E-state index contributed by atoms with van der Waals surface area (Å²) in [6, 6.07) is 1.59. The van der Waals surface area contributed by atoms with Crippen molar-refractivity contribution in [1.29, 1.82) is 0 Å². The lowest BCUT2D eigenvalue weighted by Gasteiger charge is -2.46. The monoisotopic (exact) mass is 462 g/mol. The van der Waals surface area contributed by atoms with E-state index in [4.69, 9.17) is 0 Å². The Bertz CT molecular complexity index is 529. The molecule has 0 N–H and O–H groups in total. The molecule has 0 aromatic heterocycles. The third kappa shape index (κ3) is 9.83. The zero-order chi connectivity index (χ0) is 24.8. The van der Waals surface area contributed by atoms with Gasteiger partial charge in [-0.1, -0.05) is 62.3 Å². The SMILES string of the molecule is CC(C)CCN1[C@H](CCC(C)C2CCN(CC(C)(C)CC(C)C)CC2)CC(C(C)C)C[C@@H]1C. The molecule has 2 unspecified atom stereocenters. The molecule has 2 heteroatoms. The van der Waals surface area contributed by atoms with Crippen molar-refractivity contribution in [2.45, 2.75) is 133 Å². The molecule has 0 aromatic carbocycles. The van der Waals surface area contributed by atoms with Gasteiger partial charge in [0, 0.05) is 18.6 Å². The molecule has 196 valence electrons. The smallest absolute Gasteiger partial charge is 0.0101 e. The van der Waals surface area contributed by atoms with Crippen LogP contribution in [-0.4, -0.2) is 48.1 Å². The van der Waals surface area contributed by atoms with Gasteiger partial charge >= 0.3 is 0 Å². The zero-order valence-electron chi connectivity index (χ0n) is 24.5. The molecular formula is C31H62N2. The first-order chi connectivity index (χ1) is 15.4. The van der Waals surface area contributed by atoms with E-state index in [0.29, 0.717) is 5.41 Å². The Kier molecular flexibility index (Phi) is 11.7. The molecule has 2 aliphatic heterocycles. The van der Waals surface area contributed by atoms with Crippen molar-refractivity contribution >= 4 is 0 Å². The Morgan fingerprint density at radius 3 is 2.00 bits per heavy atom. The highest BCUT2D eigenvalue weighted by atomic mass is 15.2. The highest BCUT2D eigenvalue weighted by molar-refractivity contribution is 4.89. The number of hydrogen-bond donors (Lipinski definition) is 0. The lowest BCUT2D eigenvalue weighted by Crippen LogP contribution is -2.49. The van der Waals surface area contributed by atoms with Crippen LogP contribution >= 0.6 is 0 Å². The zero-order valence-corrected chi connectivity index (χ0v) is 24.5. The molecule has 0 aromatic rings. The predicted molar refractivity (Wildman–Crippen MR) is 148 cm³/mol. The van der Waals surface area contributed by atoms with Crippen LogP contribution in [0.15, 0.2) is 0 Å². The fraction of sp³-hybridized carbons (Fsp3) is 1.00. The minimum absolute atomic E-state index is 0.455. The van der Waals surface area contributed by atoms with E-state index in [9.17, 15) is 0 Å². The topological polar surface area (TPSA) is 6.48 Å². The average Bonchev–Trinajstić information content (AvgIpc) is 2.69. The van der Waals surface area contributed by atoms with Crippen LogP contribution in [0.1, 0.15) is 121 Å². The summed E-state index contributed by atoms with van der Waals surface area (Å²) in [5.41, 5.74) is 0.455. The molecule has 33 heavy (non-hydrogen) atoms. The second kappa shape index (κ2) is 13.3. The largest absolute Gasteiger partial charge is 0.303 e. The first-order valence-corrected chi connectivity index (χ1v) is 14.9. The molecule has 2 saturated heterocycles. The molecule has 0 bridgehead atoms. The Balaban J connectivity index is 1.85. The summed E-state index contributed by atoms with van der Waals surface area (Å²) in [4.78, 5) is 5.69. The van der Waals surface area contributed by atoms with Gasteiger partial charge in [0.15, 0.2) is 0 Å². The third-order valence-corrected chi connectivity index (χ3v) is 9.17. The molecule has 0 aliphatic carbocycles. The van der Waals surface area contributed by atoms with E-state index in [1.165, 1.54) is 77.5 Å². The van der Waals surface area contributed by atoms with Gasteiger partial charge in [-0.2, -0.15) is 0 Å². The summed E-state index contributed by atoms with van der Waals surface area (Å²) < 4.78 is 0. The van der Waals surface area contributed by atoms with Crippen LogP contribution in [0.4, 0.5) is 0 Å². The van der Waals surface area contributed by atoms with Crippen LogP contribution in [0, 0.1) is 40.9 Å². The lowest BCUT2D eigenvalue weighted by atomic mass is 9.76. The van der Waals surface area contributed by atoms with Gasteiger partial charge in [0.1, 0.15) is 0 Å². The van der Waals surface area contributed by atoms with Crippen molar-refractivity contribution < 1.29 is 0 Å². The van der Waals surface area contributed by atoms with Crippen LogP contribution in [-0.2, 0) is 0 Å². The summed E-state index contributed by atoms with van der Waals surface area (Å²) in [6.07, 6.45) is 11.3. The van der Waals surface area contributed by atoms with E-state index in [-0.39, 0.29) is 0 Å². The van der Waals surface area contributed by atoms with E-state index in [2.05, 4.69) is 79.0 Å². The van der Waals surface area contributed by atoms with Gasteiger partial charge in [-0.3, -0.25) is 4.90 Å². The van der Waals surface area contributed by atoms with Crippen LogP contribution in [0.25, 0.3) is 0 Å². The van der Waals surface area contributed by atoms with E-state index >= 15 is 0 Å². The van der Waals surface area contributed by atoms with Gasteiger partial charge < -0.3 is 4.90 Å². The van der Waals surface area contributed by atoms with Gasteiger partial charge in [-0.05, 0) is 119 Å². The Morgan fingerprint density at radius 2 is 1.45 bits per heavy atom. The van der Waals surface area contributed by atoms with E-state index in [1.807, 2.05) is 0 Å². The average molecular weight is 463 g/mol. The van der Waals surface area contributed by atoms with Crippen LogP contribution in [0.5, 0.6) is 0 Å². The number of piperidine rings is 2. The minimum Gasteiger partial charge on any atom is -0.303 e. The van der Waals surface area contributed by atoms with Crippen molar-refractivity contribution in [3.8, 4) is 0 Å². The maximum absolute atomic E-state index is 2.92. The van der Waals surface area contributed by atoms with Gasteiger partial charge in [0.2, 0.25) is 0 Å². The fourth-order valence-electron chi connectivity index (χ4n) is 7.30. The molecular weight excluding hydrogens is 400 g/mol. The van der Waals surface area contributed by atoms with Crippen molar-refractivity contribution in [2.24, 2.45) is 40.9 Å². The van der Waals surface area contributed by atoms with Crippen LogP contribution in [0.2, 0.25) is 0 Å². The maximum Gasteiger partial charge on any atom is 0.0101 e. The first-order valence-electron chi connectivity index (χ1n) is 14.9. The quantitative estimate of drug-likeness (QED) is 0.287. The highest BCUT2D eigenvalue weighted by Gasteiger charge is 2.35. The highest BCUT2D eigenvalue weighted by Crippen LogP contribution is 2.37. The minimum atomic E-state index is 0.455. The van der Waals surface area contributed by atoms with Gasteiger partial charge in [0.25, 0.3) is 0 Å². The molecule has 0 spiro atoms. The van der Waals surface area contributed by atoms with Gasteiger partial charge in [0.05, 0.1) is 0 Å². The Hall–Kier alpha value is -0.0800. The summed E-state index contributed by atoms with van der Waals surface area (Å²) in [7, 11) is 0. The standard InChI is InChI=1S/C31H62N2/c1-23(2)13-18-33-27(8)19-29(25(5)6)20-30(33)12-11-26(7)28-14-16-32(17-15-28)22-31(9,10)21-24(3)4/h23-30H,11-22H2,1-10H3/t26?,27-,29?,30+/m0/s1.